The molecule has 1 aromatic carbocycles. The van der Waals surface area contributed by atoms with E-state index in [2.05, 4.69) is 4.98 Å². The number of pyridine rings is 1. The van der Waals surface area contributed by atoms with E-state index in [9.17, 15) is 4.39 Å². The van der Waals surface area contributed by atoms with E-state index in [1.165, 1.54) is 12.1 Å². The van der Waals surface area contributed by atoms with Crippen LogP contribution in [-0.2, 0) is 5.88 Å². The largest absolute Gasteiger partial charge is 0.302 e. The molecule has 0 atom stereocenters. The summed E-state index contributed by atoms with van der Waals surface area (Å²) >= 11 is 6.04. The number of rotatable bonds is 2. The smallest absolute Gasteiger partial charge is 0.137 e. The lowest BCUT2D eigenvalue weighted by Gasteiger charge is -2.01. The minimum Gasteiger partial charge on any atom is -0.302 e. The number of hydrogen-bond acceptors (Lipinski definition) is 1. The number of hydrogen-bond donors (Lipinski definition) is 0. The first kappa shape index (κ1) is 12.2. The van der Waals surface area contributed by atoms with E-state index in [1.54, 1.807) is 12.1 Å². The maximum atomic E-state index is 13.0. The number of nitrogens with zero attached hydrogens (tertiary/aromatic N) is 2. The minimum atomic E-state index is -0.254. The molecule has 2 nitrogen and oxygen atoms in total. The van der Waals surface area contributed by atoms with Gasteiger partial charge < -0.3 is 4.40 Å². The molecule has 0 N–H and O–H groups in total. The molecule has 0 bridgehead atoms. The Kier molecular flexibility index (Phi) is 2.99. The van der Waals surface area contributed by atoms with E-state index in [1.807, 2.05) is 29.7 Å². The van der Waals surface area contributed by atoms with E-state index in [4.69, 9.17) is 11.6 Å². The van der Waals surface area contributed by atoms with E-state index in [0.29, 0.717) is 5.88 Å². The second kappa shape index (κ2) is 4.67. The second-order valence-corrected chi connectivity index (χ2v) is 4.75. The lowest BCUT2D eigenvalue weighted by molar-refractivity contribution is 0.628. The number of fused-ring (bicyclic) bond motifs is 1. The molecule has 96 valence electrons. The van der Waals surface area contributed by atoms with Crippen LogP contribution in [-0.4, -0.2) is 9.38 Å². The third-order valence-electron chi connectivity index (χ3n) is 3.12. The van der Waals surface area contributed by atoms with Gasteiger partial charge in [-0.2, -0.15) is 0 Å². The zero-order valence-electron chi connectivity index (χ0n) is 10.4. The van der Waals surface area contributed by atoms with Crippen LogP contribution in [0.15, 0.2) is 42.6 Å². The standard InChI is InChI=1S/C15H12ClFN2/c1-10-6-7-19-13(9-16)15(18-14(19)8-10)11-2-4-12(17)5-3-11/h2-8H,9H2,1H3. The molecule has 0 fully saturated rings. The molecule has 2 heterocycles. The average molecular weight is 275 g/mol. The van der Waals surface area contributed by atoms with Gasteiger partial charge in [-0.25, -0.2) is 9.37 Å². The second-order valence-electron chi connectivity index (χ2n) is 4.48. The summed E-state index contributed by atoms with van der Waals surface area (Å²) in [5.74, 6) is 0.104. The van der Waals surface area contributed by atoms with Gasteiger partial charge >= 0.3 is 0 Å². The highest BCUT2D eigenvalue weighted by Crippen LogP contribution is 2.26. The minimum absolute atomic E-state index is 0.254. The molecule has 0 aliphatic carbocycles. The zero-order valence-corrected chi connectivity index (χ0v) is 11.2. The highest BCUT2D eigenvalue weighted by atomic mass is 35.5. The Morgan fingerprint density at radius 2 is 1.95 bits per heavy atom. The van der Waals surface area contributed by atoms with Crippen LogP contribution in [0, 0.1) is 12.7 Å². The number of imidazole rings is 1. The molecular formula is C15H12ClFN2. The Morgan fingerprint density at radius 3 is 2.63 bits per heavy atom. The summed E-state index contributed by atoms with van der Waals surface area (Å²) in [5, 5.41) is 0. The van der Waals surface area contributed by atoms with Gasteiger partial charge in [0, 0.05) is 11.8 Å². The third kappa shape index (κ3) is 2.10. The van der Waals surface area contributed by atoms with Gasteiger partial charge in [-0.3, -0.25) is 0 Å². The molecule has 0 unspecified atom stereocenters. The Bertz CT molecular complexity index is 732. The SMILES string of the molecule is Cc1ccn2c(CCl)c(-c3ccc(F)cc3)nc2c1. The first-order chi connectivity index (χ1) is 9.19. The van der Waals surface area contributed by atoms with Gasteiger partial charge in [0.1, 0.15) is 11.5 Å². The Balaban J connectivity index is 2.25. The van der Waals surface area contributed by atoms with Gasteiger partial charge in [-0.1, -0.05) is 0 Å². The maximum absolute atomic E-state index is 13.0. The molecule has 0 aliphatic heterocycles. The van der Waals surface area contributed by atoms with Crippen molar-refractivity contribution >= 4 is 17.2 Å². The lowest BCUT2D eigenvalue weighted by atomic mass is 10.1. The van der Waals surface area contributed by atoms with Crippen molar-refractivity contribution in [1.82, 2.24) is 9.38 Å². The van der Waals surface area contributed by atoms with Crippen LogP contribution in [0.5, 0.6) is 0 Å². The van der Waals surface area contributed by atoms with Crippen molar-refractivity contribution in [3.63, 3.8) is 0 Å². The molecule has 3 rings (SSSR count). The number of aryl methyl sites for hydroxylation is 1. The molecule has 0 spiro atoms. The summed E-state index contributed by atoms with van der Waals surface area (Å²) in [6, 6.07) is 10.3. The number of halogens is 2. The molecule has 0 radical (unpaired) electrons. The van der Waals surface area contributed by atoms with E-state index >= 15 is 0 Å². The third-order valence-corrected chi connectivity index (χ3v) is 3.38. The molecule has 2 aromatic heterocycles. The van der Waals surface area contributed by atoms with Gasteiger partial charge in [0.2, 0.25) is 0 Å². The van der Waals surface area contributed by atoms with Gasteiger partial charge in [-0.15, -0.1) is 11.6 Å². The summed E-state index contributed by atoms with van der Waals surface area (Å²) in [5.41, 5.74) is 4.60. The first-order valence-corrected chi connectivity index (χ1v) is 6.52. The molecule has 3 aromatic rings. The predicted octanol–water partition coefficient (Wildman–Crippen LogP) is 4.19. The van der Waals surface area contributed by atoms with E-state index in [0.717, 1.165) is 28.2 Å². The van der Waals surface area contributed by atoms with Crippen LogP contribution in [0.4, 0.5) is 4.39 Å². The predicted molar refractivity (Wildman–Crippen MR) is 74.9 cm³/mol. The summed E-state index contributed by atoms with van der Waals surface area (Å²) in [6.45, 7) is 2.02. The highest BCUT2D eigenvalue weighted by Gasteiger charge is 2.13. The number of alkyl halides is 1. The van der Waals surface area contributed by atoms with E-state index in [-0.39, 0.29) is 5.82 Å². The first-order valence-electron chi connectivity index (χ1n) is 5.98. The summed E-state index contributed by atoms with van der Waals surface area (Å²) in [4.78, 5) is 4.60. The van der Waals surface area contributed by atoms with Crippen LogP contribution < -0.4 is 0 Å². The van der Waals surface area contributed by atoms with Crippen molar-refractivity contribution in [2.75, 3.05) is 0 Å². The molecule has 19 heavy (non-hydrogen) atoms. The zero-order chi connectivity index (χ0) is 13.4. The maximum Gasteiger partial charge on any atom is 0.137 e. The van der Waals surface area contributed by atoms with Crippen molar-refractivity contribution in [2.24, 2.45) is 0 Å². The molecule has 0 aliphatic rings. The van der Waals surface area contributed by atoms with Crippen molar-refractivity contribution in [3.8, 4) is 11.3 Å². The fourth-order valence-electron chi connectivity index (χ4n) is 2.16. The summed E-state index contributed by atoms with van der Waals surface area (Å²) in [6.07, 6.45) is 1.96. The summed E-state index contributed by atoms with van der Waals surface area (Å²) < 4.78 is 15.0. The molecule has 0 amide bonds. The monoisotopic (exact) mass is 274 g/mol. The van der Waals surface area contributed by atoms with Gasteiger partial charge in [0.15, 0.2) is 0 Å². The number of aromatic nitrogens is 2. The van der Waals surface area contributed by atoms with Crippen LogP contribution in [0.1, 0.15) is 11.3 Å². The molecular weight excluding hydrogens is 263 g/mol. The Labute approximate surface area is 115 Å². The van der Waals surface area contributed by atoms with Gasteiger partial charge in [0.05, 0.1) is 17.3 Å². The highest BCUT2D eigenvalue weighted by molar-refractivity contribution is 6.17. The fraction of sp³-hybridized carbons (Fsp3) is 0.133. The fourth-order valence-corrected chi connectivity index (χ4v) is 2.42. The summed E-state index contributed by atoms with van der Waals surface area (Å²) in [7, 11) is 0. The van der Waals surface area contributed by atoms with Gasteiger partial charge in [-0.05, 0) is 48.9 Å². The van der Waals surface area contributed by atoms with Crippen LogP contribution in [0.25, 0.3) is 16.9 Å². The molecule has 0 saturated heterocycles. The lowest BCUT2D eigenvalue weighted by Crippen LogP contribution is -1.91. The van der Waals surface area contributed by atoms with Crippen molar-refractivity contribution in [1.29, 1.82) is 0 Å². The van der Waals surface area contributed by atoms with Crippen molar-refractivity contribution in [2.45, 2.75) is 12.8 Å². The van der Waals surface area contributed by atoms with Crippen molar-refractivity contribution < 1.29 is 4.39 Å². The van der Waals surface area contributed by atoms with Crippen LogP contribution in [0.2, 0.25) is 0 Å². The average Bonchev–Trinajstić information content (AvgIpc) is 2.77. The molecule has 4 heteroatoms. The van der Waals surface area contributed by atoms with Crippen LogP contribution >= 0.6 is 11.6 Å². The Morgan fingerprint density at radius 1 is 1.21 bits per heavy atom. The quantitative estimate of drug-likeness (QED) is 0.641. The molecule has 0 saturated carbocycles. The van der Waals surface area contributed by atoms with Crippen molar-refractivity contribution in [3.05, 3.63) is 59.7 Å². The number of benzene rings is 1. The Hall–Kier alpha value is -1.87. The normalized spacial score (nSPS) is 11.1. The van der Waals surface area contributed by atoms with E-state index < -0.39 is 0 Å². The van der Waals surface area contributed by atoms with Gasteiger partial charge in [0.25, 0.3) is 0 Å². The topological polar surface area (TPSA) is 17.3 Å². The van der Waals surface area contributed by atoms with Crippen LogP contribution in [0.3, 0.4) is 0 Å².